The van der Waals surface area contributed by atoms with Crippen LogP contribution in [-0.4, -0.2) is 54.8 Å². The van der Waals surface area contributed by atoms with Crippen LogP contribution in [0, 0.1) is 5.92 Å². The molecule has 1 aliphatic heterocycles. The van der Waals surface area contributed by atoms with Crippen LogP contribution in [0.1, 0.15) is 69.5 Å². The number of rotatable bonds is 7. The molecule has 8 heteroatoms. The summed E-state index contributed by atoms with van der Waals surface area (Å²) in [4.78, 5) is 38.9. The maximum absolute atomic E-state index is 13.4. The fourth-order valence-corrected chi connectivity index (χ4v) is 4.88. The number of methoxy groups -OCH3 is 1. The van der Waals surface area contributed by atoms with Gasteiger partial charge in [-0.15, -0.1) is 0 Å². The molecule has 1 fully saturated rings. The first-order valence-electron chi connectivity index (χ1n) is 12.6. The third kappa shape index (κ3) is 7.90. The van der Waals surface area contributed by atoms with Gasteiger partial charge in [-0.25, -0.2) is 0 Å². The number of carbonyl (C=O) groups is 3. The van der Waals surface area contributed by atoms with Crippen LogP contribution in [0.4, 0.5) is 0 Å². The van der Waals surface area contributed by atoms with Gasteiger partial charge < -0.3 is 25.2 Å². The maximum Gasteiger partial charge on any atom is 0.306 e. The fraction of sp³-hybridized carbons (Fsp3) is 0.593. The van der Waals surface area contributed by atoms with Gasteiger partial charge in [-0.1, -0.05) is 55.3 Å². The second kappa shape index (κ2) is 13.4. The van der Waals surface area contributed by atoms with Gasteiger partial charge in [0.1, 0.15) is 6.10 Å². The van der Waals surface area contributed by atoms with Crippen molar-refractivity contribution in [3.63, 3.8) is 0 Å². The standard InChI is InChI=1S/C27H38N2O6/c1-34-18-22-25(20-11-6-4-7-12-20)35-24(32)14-8-3-2-5-13-21(26(33)28-22)17-23(31)29-27(19-30)15-9-10-16-27/h2,4-7,11-12,21-22,25,30H,3,8-10,13-19H2,1H3,(H,28,33)(H,29,31). The Balaban J connectivity index is 1.80. The van der Waals surface area contributed by atoms with Crippen molar-refractivity contribution in [1.29, 1.82) is 0 Å². The molecule has 0 saturated heterocycles. The number of hydrogen-bond acceptors (Lipinski definition) is 6. The van der Waals surface area contributed by atoms with E-state index < -0.39 is 23.6 Å². The minimum atomic E-state index is -0.716. The molecule has 2 aliphatic rings. The first-order chi connectivity index (χ1) is 17.0. The van der Waals surface area contributed by atoms with Gasteiger partial charge in [-0.3, -0.25) is 14.4 Å². The highest BCUT2D eigenvalue weighted by atomic mass is 16.5. The second-order valence-corrected chi connectivity index (χ2v) is 9.59. The van der Waals surface area contributed by atoms with Gasteiger partial charge in [0.25, 0.3) is 0 Å². The van der Waals surface area contributed by atoms with Crippen LogP contribution in [-0.2, 0) is 23.9 Å². The minimum absolute atomic E-state index is 0.00736. The number of carbonyl (C=O) groups excluding carboxylic acids is 3. The van der Waals surface area contributed by atoms with Gasteiger partial charge in [-0.05, 0) is 37.7 Å². The largest absolute Gasteiger partial charge is 0.455 e. The van der Waals surface area contributed by atoms with Crippen molar-refractivity contribution in [2.45, 2.75) is 75.5 Å². The topological polar surface area (TPSA) is 114 Å². The van der Waals surface area contributed by atoms with E-state index in [0.717, 1.165) is 31.2 Å². The maximum atomic E-state index is 13.4. The lowest BCUT2D eigenvalue weighted by atomic mass is 9.94. The van der Waals surface area contributed by atoms with Gasteiger partial charge in [0.15, 0.2) is 0 Å². The Kier molecular flexibility index (Phi) is 10.3. The van der Waals surface area contributed by atoms with E-state index in [0.29, 0.717) is 19.3 Å². The van der Waals surface area contributed by atoms with E-state index >= 15 is 0 Å². The molecule has 35 heavy (non-hydrogen) atoms. The summed E-state index contributed by atoms with van der Waals surface area (Å²) in [5, 5.41) is 15.8. The molecule has 0 radical (unpaired) electrons. The van der Waals surface area contributed by atoms with E-state index in [1.807, 2.05) is 42.5 Å². The molecule has 8 nitrogen and oxygen atoms in total. The number of esters is 1. The highest BCUT2D eigenvalue weighted by molar-refractivity contribution is 5.86. The Bertz CT molecular complexity index is 866. The lowest BCUT2D eigenvalue weighted by Crippen LogP contribution is -2.51. The molecule has 2 amide bonds. The summed E-state index contributed by atoms with van der Waals surface area (Å²) in [6.45, 7) is 0.0382. The van der Waals surface area contributed by atoms with Crippen LogP contribution in [0.3, 0.4) is 0 Å². The highest BCUT2D eigenvalue weighted by Crippen LogP contribution is 2.30. The van der Waals surface area contributed by atoms with Gasteiger partial charge in [0.05, 0.1) is 30.7 Å². The summed E-state index contributed by atoms with van der Waals surface area (Å²) in [6.07, 6.45) is 8.54. The molecule has 3 atom stereocenters. The lowest BCUT2D eigenvalue weighted by molar-refractivity contribution is -0.153. The fourth-order valence-electron chi connectivity index (χ4n) is 4.88. The molecule has 3 N–H and O–H groups in total. The van der Waals surface area contributed by atoms with Gasteiger partial charge in [0, 0.05) is 20.0 Å². The van der Waals surface area contributed by atoms with Crippen LogP contribution >= 0.6 is 0 Å². The molecule has 1 aromatic carbocycles. The third-order valence-electron chi connectivity index (χ3n) is 6.84. The smallest absolute Gasteiger partial charge is 0.306 e. The predicted molar refractivity (Wildman–Crippen MR) is 131 cm³/mol. The van der Waals surface area contributed by atoms with E-state index in [-0.39, 0.29) is 43.8 Å². The second-order valence-electron chi connectivity index (χ2n) is 9.59. The number of hydrogen-bond donors (Lipinski definition) is 3. The van der Waals surface area contributed by atoms with Gasteiger partial charge in [-0.2, -0.15) is 0 Å². The predicted octanol–water partition coefficient (Wildman–Crippen LogP) is 2.96. The van der Waals surface area contributed by atoms with Gasteiger partial charge >= 0.3 is 5.97 Å². The number of ether oxygens (including phenoxy) is 2. The van der Waals surface area contributed by atoms with Crippen molar-refractivity contribution in [1.82, 2.24) is 10.6 Å². The molecule has 1 aliphatic carbocycles. The number of benzene rings is 1. The van der Waals surface area contributed by atoms with E-state index in [1.54, 1.807) is 0 Å². The first-order valence-corrected chi connectivity index (χ1v) is 12.6. The highest BCUT2D eigenvalue weighted by Gasteiger charge is 2.36. The Morgan fingerprint density at radius 3 is 2.60 bits per heavy atom. The minimum Gasteiger partial charge on any atom is -0.455 e. The normalized spacial score (nSPS) is 25.5. The zero-order chi connectivity index (χ0) is 25.1. The van der Waals surface area contributed by atoms with Crippen LogP contribution in [0.5, 0.6) is 0 Å². The summed E-state index contributed by atoms with van der Waals surface area (Å²) in [7, 11) is 1.53. The molecule has 0 spiro atoms. The summed E-state index contributed by atoms with van der Waals surface area (Å²) >= 11 is 0. The molecule has 192 valence electrons. The summed E-state index contributed by atoms with van der Waals surface area (Å²) in [5.41, 5.74) is 0.175. The average molecular weight is 487 g/mol. The zero-order valence-electron chi connectivity index (χ0n) is 20.5. The number of cyclic esters (lactones) is 1. The van der Waals surface area contributed by atoms with Crippen molar-refractivity contribution in [3.05, 3.63) is 48.0 Å². The van der Waals surface area contributed by atoms with Gasteiger partial charge in [0.2, 0.25) is 11.8 Å². The van der Waals surface area contributed by atoms with Crippen LogP contribution in [0.2, 0.25) is 0 Å². The molecular weight excluding hydrogens is 448 g/mol. The van der Waals surface area contributed by atoms with Crippen molar-refractivity contribution in [2.75, 3.05) is 20.3 Å². The van der Waals surface area contributed by atoms with Crippen molar-refractivity contribution >= 4 is 17.8 Å². The lowest BCUT2D eigenvalue weighted by Gasteiger charge is -2.30. The summed E-state index contributed by atoms with van der Waals surface area (Å²) in [6, 6.07) is 8.67. The van der Waals surface area contributed by atoms with Crippen molar-refractivity contribution < 1.29 is 29.0 Å². The molecule has 3 unspecified atom stereocenters. The number of allylic oxidation sites excluding steroid dienone is 2. The molecular formula is C27H38N2O6. The molecule has 0 bridgehead atoms. The Morgan fingerprint density at radius 2 is 1.91 bits per heavy atom. The van der Waals surface area contributed by atoms with Crippen molar-refractivity contribution in [2.24, 2.45) is 5.92 Å². The van der Waals surface area contributed by atoms with Crippen LogP contribution < -0.4 is 10.6 Å². The van der Waals surface area contributed by atoms with Crippen LogP contribution in [0.25, 0.3) is 0 Å². The number of aliphatic hydroxyl groups excluding tert-OH is 1. The van der Waals surface area contributed by atoms with E-state index in [9.17, 15) is 19.5 Å². The summed E-state index contributed by atoms with van der Waals surface area (Å²) < 4.78 is 11.2. The first kappa shape index (κ1) is 26.9. The third-order valence-corrected chi connectivity index (χ3v) is 6.84. The molecule has 1 aromatic rings. The Hall–Kier alpha value is -2.71. The SMILES string of the molecule is COCC1NC(=O)C(CC(=O)NC2(CO)CCCC2)CC=CCCCC(=O)OC1c1ccccc1. The summed E-state index contributed by atoms with van der Waals surface area (Å²) in [5.74, 6) is -1.47. The Morgan fingerprint density at radius 1 is 1.17 bits per heavy atom. The molecule has 0 aromatic heterocycles. The molecule has 1 saturated carbocycles. The molecule has 1 heterocycles. The average Bonchev–Trinajstić information content (AvgIpc) is 3.32. The molecule has 3 rings (SSSR count). The number of amides is 2. The van der Waals surface area contributed by atoms with Crippen molar-refractivity contribution in [3.8, 4) is 0 Å². The zero-order valence-corrected chi connectivity index (χ0v) is 20.5. The van der Waals surface area contributed by atoms with E-state index in [4.69, 9.17) is 9.47 Å². The Labute approximate surface area is 207 Å². The van der Waals surface area contributed by atoms with E-state index in [1.165, 1.54) is 7.11 Å². The monoisotopic (exact) mass is 486 g/mol. The number of aliphatic hydroxyl groups is 1. The van der Waals surface area contributed by atoms with Crippen LogP contribution in [0.15, 0.2) is 42.5 Å². The quantitative estimate of drug-likeness (QED) is 0.403. The number of nitrogens with one attached hydrogen (secondary N) is 2. The van der Waals surface area contributed by atoms with E-state index in [2.05, 4.69) is 10.6 Å².